The molecule has 6 nitrogen and oxygen atoms in total. The molecular weight excluding hydrogens is 392 g/mol. The first-order valence-electron chi connectivity index (χ1n) is 10.9. The number of benzene rings is 2. The number of likely N-dealkylation sites (tertiary alicyclic amines) is 1. The van der Waals surface area contributed by atoms with E-state index in [1.54, 1.807) is 12.1 Å². The van der Waals surface area contributed by atoms with Crippen molar-refractivity contribution in [1.82, 2.24) is 9.47 Å². The van der Waals surface area contributed by atoms with Crippen molar-refractivity contribution >= 4 is 10.9 Å². The standard InChI is InChI=1S/C25H30N2O4/c1-26-22-12-9-19(28)17-21(22)24(29)25(30-2)23(26)18-7-10-20(11-8-18)31-16-6-15-27-13-4-3-5-14-27/h7-12,17,28H,3-6,13-16H2,1-2H3. The van der Waals surface area contributed by atoms with E-state index in [9.17, 15) is 9.90 Å². The van der Waals surface area contributed by atoms with Crippen LogP contribution in [0.4, 0.5) is 0 Å². The second-order valence-electron chi connectivity index (χ2n) is 8.10. The van der Waals surface area contributed by atoms with Crippen molar-refractivity contribution in [3.63, 3.8) is 0 Å². The summed E-state index contributed by atoms with van der Waals surface area (Å²) < 4.78 is 13.3. The van der Waals surface area contributed by atoms with Crippen LogP contribution in [0.1, 0.15) is 25.7 Å². The number of methoxy groups -OCH3 is 1. The van der Waals surface area contributed by atoms with Gasteiger partial charge < -0.3 is 24.0 Å². The summed E-state index contributed by atoms with van der Waals surface area (Å²) in [7, 11) is 3.39. The molecule has 2 aromatic carbocycles. The van der Waals surface area contributed by atoms with Crippen LogP contribution in [-0.2, 0) is 7.05 Å². The molecule has 3 aromatic rings. The molecule has 1 aromatic heterocycles. The smallest absolute Gasteiger partial charge is 0.231 e. The van der Waals surface area contributed by atoms with Crippen molar-refractivity contribution in [2.24, 2.45) is 7.05 Å². The van der Waals surface area contributed by atoms with Crippen LogP contribution in [-0.4, -0.2) is 47.9 Å². The van der Waals surface area contributed by atoms with Gasteiger partial charge in [0.05, 0.1) is 30.3 Å². The minimum atomic E-state index is -0.237. The van der Waals surface area contributed by atoms with Gasteiger partial charge in [-0.3, -0.25) is 4.79 Å². The first-order valence-corrected chi connectivity index (χ1v) is 10.9. The number of pyridine rings is 1. The van der Waals surface area contributed by atoms with Crippen molar-refractivity contribution in [2.75, 3.05) is 33.4 Å². The van der Waals surface area contributed by atoms with Crippen LogP contribution in [0.25, 0.3) is 22.2 Å². The molecule has 1 aliphatic rings. The van der Waals surface area contributed by atoms with E-state index < -0.39 is 0 Å². The van der Waals surface area contributed by atoms with Crippen molar-refractivity contribution in [1.29, 1.82) is 0 Å². The maximum atomic E-state index is 13.0. The molecule has 0 unspecified atom stereocenters. The predicted octanol–water partition coefficient (Wildman–Crippen LogP) is 4.17. The van der Waals surface area contributed by atoms with Gasteiger partial charge >= 0.3 is 0 Å². The van der Waals surface area contributed by atoms with E-state index in [1.807, 2.05) is 35.9 Å². The quantitative estimate of drug-likeness (QED) is 0.579. The maximum Gasteiger partial charge on any atom is 0.231 e. The zero-order chi connectivity index (χ0) is 21.8. The Morgan fingerprint density at radius 3 is 2.48 bits per heavy atom. The van der Waals surface area contributed by atoms with Crippen molar-refractivity contribution < 1.29 is 14.6 Å². The van der Waals surface area contributed by atoms with Crippen LogP contribution in [0, 0.1) is 0 Å². The number of aromatic hydroxyl groups is 1. The molecule has 1 saturated heterocycles. The molecule has 1 aliphatic heterocycles. The Morgan fingerprint density at radius 1 is 1.03 bits per heavy atom. The van der Waals surface area contributed by atoms with Crippen LogP contribution in [0.3, 0.4) is 0 Å². The summed E-state index contributed by atoms with van der Waals surface area (Å²) in [5.74, 6) is 1.13. The highest BCUT2D eigenvalue weighted by molar-refractivity contribution is 5.87. The van der Waals surface area contributed by atoms with E-state index in [4.69, 9.17) is 9.47 Å². The molecule has 4 rings (SSSR count). The van der Waals surface area contributed by atoms with Crippen LogP contribution in [0.5, 0.6) is 17.2 Å². The van der Waals surface area contributed by atoms with Gasteiger partial charge in [-0.15, -0.1) is 0 Å². The normalized spacial score (nSPS) is 14.6. The summed E-state index contributed by atoms with van der Waals surface area (Å²) in [5, 5.41) is 10.2. The van der Waals surface area contributed by atoms with Gasteiger partial charge in [-0.25, -0.2) is 0 Å². The summed E-state index contributed by atoms with van der Waals surface area (Å²) >= 11 is 0. The summed E-state index contributed by atoms with van der Waals surface area (Å²) in [6.45, 7) is 4.20. The number of piperidine rings is 1. The number of aryl methyl sites for hydroxylation is 1. The number of phenols is 1. The van der Waals surface area contributed by atoms with Gasteiger partial charge in [0, 0.05) is 19.2 Å². The number of phenolic OH excluding ortho intramolecular Hbond substituents is 1. The second kappa shape index (κ2) is 9.43. The molecule has 0 radical (unpaired) electrons. The third-order valence-corrected chi connectivity index (χ3v) is 6.01. The SMILES string of the molecule is COc1c(-c2ccc(OCCCN3CCCCC3)cc2)n(C)c2ccc(O)cc2c1=O. The Balaban J connectivity index is 1.51. The van der Waals surface area contributed by atoms with Gasteiger partial charge in [0.15, 0.2) is 5.75 Å². The lowest BCUT2D eigenvalue weighted by atomic mass is 10.1. The second-order valence-corrected chi connectivity index (χ2v) is 8.10. The number of ether oxygens (including phenoxy) is 2. The fourth-order valence-corrected chi connectivity index (χ4v) is 4.39. The zero-order valence-electron chi connectivity index (χ0n) is 18.3. The molecule has 0 atom stereocenters. The molecule has 0 bridgehead atoms. The monoisotopic (exact) mass is 422 g/mol. The average molecular weight is 423 g/mol. The number of hydrogen-bond acceptors (Lipinski definition) is 5. The summed E-state index contributed by atoms with van der Waals surface area (Å²) in [4.78, 5) is 15.5. The lowest BCUT2D eigenvalue weighted by Crippen LogP contribution is -2.31. The lowest BCUT2D eigenvalue weighted by Gasteiger charge is -2.26. The molecule has 164 valence electrons. The minimum absolute atomic E-state index is 0.0567. The van der Waals surface area contributed by atoms with E-state index in [1.165, 1.54) is 45.5 Å². The number of nitrogens with zero attached hydrogens (tertiary/aromatic N) is 2. The van der Waals surface area contributed by atoms with Crippen molar-refractivity contribution in [3.8, 4) is 28.5 Å². The number of fused-ring (bicyclic) bond motifs is 1. The number of hydrogen-bond donors (Lipinski definition) is 1. The topological polar surface area (TPSA) is 63.9 Å². The average Bonchev–Trinajstić information content (AvgIpc) is 2.80. The fraction of sp³-hybridized carbons (Fsp3) is 0.400. The van der Waals surface area contributed by atoms with E-state index >= 15 is 0 Å². The van der Waals surface area contributed by atoms with Crippen LogP contribution in [0.15, 0.2) is 47.3 Å². The Hall–Kier alpha value is -2.99. The van der Waals surface area contributed by atoms with Crippen LogP contribution < -0.4 is 14.9 Å². The Bertz CT molecular complexity index is 1100. The highest BCUT2D eigenvalue weighted by atomic mass is 16.5. The van der Waals surface area contributed by atoms with E-state index in [2.05, 4.69) is 4.90 Å². The first kappa shape index (κ1) is 21.2. The summed E-state index contributed by atoms with van der Waals surface area (Å²) in [6, 6.07) is 12.6. The maximum absolute atomic E-state index is 13.0. The van der Waals surface area contributed by atoms with E-state index in [0.29, 0.717) is 17.7 Å². The molecule has 0 saturated carbocycles. The van der Waals surface area contributed by atoms with Crippen LogP contribution >= 0.6 is 0 Å². The molecular formula is C25H30N2O4. The highest BCUT2D eigenvalue weighted by Gasteiger charge is 2.18. The largest absolute Gasteiger partial charge is 0.508 e. The number of rotatable bonds is 7. The zero-order valence-corrected chi connectivity index (χ0v) is 18.3. The van der Waals surface area contributed by atoms with E-state index in [-0.39, 0.29) is 16.9 Å². The molecule has 2 heterocycles. The predicted molar refractivity (Wildman–Crippen MR) is 123 cm³/mol. The molecule has 1 fully saturated rings. The van der Waals surface area contributed by atoms with Crippen molar-refractivity contribution in [2.45, 2.75) is 25.7 Å². The van der Waals surface area contributed by atoms with Crippen molar-refractivity contribution in [3.05, 3.63) is 52.7 Å². The Labute approximate surface area is 182 Å². The first-order chi connectivity index (χ1) is 15.1. The molecule has 31 heavy (non-hydrogen) atoms. The molecule has 6 heteroatoms. The Morgan fingerprint density at radius 2 is 1.77 bits per heavy atom. The highest BCUT2D eigenvalue weighted by Crippen LogP contribution is 2.32. The van der Waals surface area contributed by atoms with Gasteiger partial charge in [0.2, 0.25) is 5.43 Å². The van der Waals surface area contributed by atoms with Gasteiger partial charge in [0.25, 0.3) is 0 Å². The third-order valence-electron chi connectivity index (χ3n) is 6.01. The van der Waals surface area contributed by atoms with Gasteiger partial charge in [-0.05, 0) is 74.8 Å². The van der Waals surface area contributed by atoms with Gasteiger partial charge in [0.1, 0.15) is 11.5 Å². The lowest BCUT2D eigenvalue weighted by molar-refractivity contribution is 0.205. The summed E-state index contributed by atoms with van der Waals surface area (Å²) in [5.41, 5.74) is 2.06. The minimum Gasteiger partial charge on any atom is -0.508 e. The number of aromatic nitrogens is 1. The molecule has 0 spiro atoms. The van der Waals surface area contributed by atoms with Crippen LogP contribution in [0.2, 0.25) is 0 Å². The Kier molecular flexibility index (Phi) is 6.47. The van der Waals surface area contributed by atoms with Gasteiger partial charge in [-0.1, -0.05) is 6.42 Å². The van der Waals surface area contributed by atoms with E-state index in [0.717, 1.165) is 29.8 Å². The summed E-state index contributed by atoms with van der Waals surface area (Å²) in [6.07, 6.45) is 4.99. The molecule has 0 amide bonds. The fourth-order valence-electron chi connectivity index (χ4n) is 4.39. The van der Waals surface area contributed by atoms with Gasteiger partial charge in [-0.2, -0.15) is 0 Å². The third kappa shape index (κ3) is 4.54. The molecule has 0 aliphatic carbocycles. The molecule has 1 N–H and O–H groups in total.